The molecule has 0 atom stereocenters. The van der Waals surface area contributed by atoms with Crippen LogP contribution in [0.2, 0.25) is 0 Å². The van der Waals surface area contributed by atoms with E-state index in [4.69, 9.17) is 9.47 Å². The van der Waals surface area contributed by atoms with Crippen LogP contribution in [0.25, 0.3) is 0 Å². The summed E-state index contributed by atoms with van der Waals surface area (Å²) in [5.41, 5.74) is 7.40. The fourth-order valence-electron chi connectivity index (χ4n) is 3.13. The number of rotatable bonds is 4. The van der Waals surface area contributed by atoms with Crippen molar-refractivity contribution < 1.29 is 9.47 Å². The second-order valence-electron chi connectivity index (χ2n) is 6.20. The Bertz CT molecular complexity index is 677. The molecule has 0 fully saturated rings. The van der Waals surface area contributed by atoms with Crippen molar-refractivity contribution in [2.75, 3.05) is 14.2 Å². The van der Waals surface area contributed by atoms with Gasteiger partial charge in [0.15, 0.2) is 0 Å². The fraction of sp³-hybridized carbons (Fsp3) is 0.417. The Morgan fingerprint density at radius 3 is 1.50 bits per heavy atom. The first-order valence-electron chi connectivity index (χ1n) is 8.20. The van der Waals surface area contributed by atoms with Crippen LogP contribution in [-0.4, -0.2) is 14.2 Å². The van der Waals surface area contributed by atoms with Gasteiger partial charge in [-0.1, -0.05) is 56.3 Å². The standard InChI is InChI=1S/C12H16O.C10H14O.2CH4/c1-5-6-11-8-9(2)7-10(3)12(11)13-4;1-7-5-8(2)10(11-4)9(3)6-7;;/h5,7-8H,1,6H2,2-4H3;5-6H,1-4H3;2*1H4. The average molecular weight is 359 g/mol. The molecular formula is C24H38O2. The third-order valence-electron chi connectivity index (χ3n) is 3.87. The molecule has 2 aromatic carbocycles. The summed E-state index contributed by atoms with van der Waals surface area (Å²) in [7, 11) is 3.43. The second kappa shape index (κ2) is 12.2. The summed E-state index contributed by atoms with van der Waals surface area (Å²) < 4.78 is 10.6. The van der Waals surface area contributed by atoms with E-state index in [0.29, 0.717) is 0 Å². The summed E-state index contributed by atoms with van der Waals surface area (Å²) in [6, 6.07) is 8.54. The largest absolute Gasteiger partial charge is 0.496 e. The van der Waals surface area contributed by atoms with Gasteiger partial charge in [-0.05, 0) is 63.3 Å². The normalized spacial score (nSPS) is 9.04. The SMILES string of the molecule is C.C.C=CCc1cc(C)cc(C)c1OC.COc1c(C)cc(C)cc1C. The third kappa shape index (κ3) is 6.95. The Morgan fingerprint density at radius 1 is 0.731 bits per heavy atom. The zero-order valence-corrected chi connectivity index (χ0v) is 16.1. The molecule has 0 aliphatic rings. The van der Waals surface area contributed by atoms with Gasteiger partial charge >= 0.3 is 0 Å². The second-order valence-corrected chi connectivity index (χ2v) is 6.20. The Hall–Kier alpha value is -2.22. The molecule has 146 valence electrons. The highest BCUT2D eigenvalue weighted by molar-refractivity contribution is 5.44. The Morgan fingerprint density at radius 2 is 1.12 bits per heavy atom. The number of benzene rings is 2. The average Bonchev–Trinajstić information content (AvgIpc) is 2.47. The highest BCUT2D eigenvalue weighted by atomic mass is 16.5. The highest BCUT2D eigenvalue weighted by Crippen LogP contribution is 2.25. The predicted octanol–water partition coefficient (Wildman–Crippen LogP) is 6.93. The fourth-order valence-corrected chi connectivity index (χ4v) is 3.13. The van der Waals surface area contributed by atoms with Crippen LogP contribution in [0, 0.1) is 34.6 Å². The summed E-state index contributed by atoms with van der Waals surface area (Å²) >= 11 is 0. The molecule has 0 aliphatic carbocycles. The maximum Gasteiger partial charge on any atom is 0.125 e. The zero-order chi connectivity index (χ0) is 18.3. The quantitative estimate of drug-likeness (QED) is 0.551. The van der Waals surface area contributed by atoms with E-state index < -0.39 is 0 Å². The lowest BCUT2D eigenvalue weighted by atomic mass is 10.0. The van der Waals surface area contributed by atoms with Gasteiger partial charge in [0, 0.05) is 0 Å². The Labute approximate surface area is 161 Å². The predicted molar refractivity (Wildman–Crippen MR) is 117 cm³/mol. The molecule has 0 aromatic heterocycles. The minimum absolute atomic E-state index is 0. The Kier molecular flexibility index (Phi) is 12.2. The molecule has 2 aromatic rings. The third-order valence-corrected chi connectivity index (χ3v) is 3.87. The van der Waals surface area contributed by atoms with E-state index in [1.54, 1.807) is 14.2 Å². The maximum atomic E-state index is 5.34. The summed E-state index contributed by atoms with van der Waals surface area (Å²) in [6.07, 6.45) is 2.77. The molecule has 0 amide bonds. The smallest absolute Gasteiger partial charge is 0.125 e. The van der Waals surface area contributed by atoms with E-state index in [2.05, 4.69) is 65.5 Å². The Balaban J connectivity index is 0. The van der Waals surface area contributed by atoms with Gasteiger partial charge in [0.25, 0.3) is 0 Å². The first kappa shape index (κ1) is 26.0. The van der Waals surface area contributed by atoms with E-state index >= 15 is 0 Å². The van der Waals surface area contributed by atoms with Gasteiger partial charge in [-0.3, -0.25) is 0 Å². The van der Waals surface area contributed by atoms with Crippen molar-refractivity contribution in [3.05, 3.63) is 70.3 Å². The molecule has 0 unspecified atom stereocenters. The van der Waals surface area contributed by atoms with Crippen molar-refractivity contribution >= 4 is 0 Å². The summed E-state index contributed by atoms with van der Waals surface area (Å²) in [6.45, 7) is 14.1. The molecule has 0 radical (unpaired) electrons. The van der Waals surface area contributed by atoms with Crippen LogP contribution in [0.3, 0.4) is 0 Å². The van der Waals surface area contributed by atoms with Crippen LogP contribution in [-0.2, 0) is 6.42 Å². The molecule has 2 rings (SSSR count). The molecule has 0 N–H and O–H groups in total. The number of aryl methyl sites for hydroxylation is 5. The van der Waals surface area contributed by atoms with Crippen molar-refractivity contribution in [1.29, 1.82) is 0 Å². The summed E-state index contributed by atoms with van der Waals surface area (Å²) in [5, 5.41) is 0. The number of methoxy groups -OCH3 is 2. The molecule has 0 spiro atoms. The summed E-state index contributed by atoms with van der Waals surface area (Å²) in [4.78, 5) is 0. The first-order valence-corrected chi connectivity index (χ1v) is 8.20. The lowest BCUT2D eigenvalue weighted by Gasteiger charge is -2.11. The van der Waals surface area contributed by atoms with Gasteiger partial charge in [-0.25, -0.2) is 0 Å². The van der Waals surface area contributed by atoms with Crippen molar-refractivity contribution in [3.63, 3.8) is 0 Å². The van der Waals surface area contributed by atoms with E-state index in [-0.39, 0.29) is 14.9 Å². The number of hydrogen-bond acceptors (Lipinski definition) is 2. The van der Waals surface area contributed by atoms with Crippen LogP contribution >= 0.6 is 0 Å². The monoisotopic (exact) mass is 358 g/mol. The van der Waals surface area contributed by atoms with Crippen molar-refractivity contribution in [2.24, 2.45) is 0 Å². The van der Waals surface area contributed by atoms with Gasteiger partial charge in [0.2, 0.25) is 0 Å². The topological polar surface area (TPSA) is 18.5 Å². The number of ether oxygens (including phenoxy) is 2. The molecule has 0 saturated carbocycles. The molecular weight excluding hydrogens is 320 g/mol. The summed E-state index contributed by atoms with van der Waals surface area (Å²) in [5.74, 6) is 2.00. The van der Waals surface area contributed by atoms with Crippen LogP contribution in [0.4, 0.5) is 0 Å². The van der Waals surface area contributed by atoms with E-state index in [1.165, 1.54) is 33.4 Å². The van der Waals surface area contributed by atoms with Gasteiger partial charge in [-0.2, -0.15) is 0 Å². The number of hydrogen-bond donors (Lipinski definition) is 0. The van der Waals surface area contributed by atoms with Crippen LogP contribution < -0.4 is 9.47 Å². The van der Waals surface area contributed by atoms with Crippen molar-refractivity contribution in [1.82, 2.24) is 0 Å². The van der Waals surface area contributed by atoms with Crippen molar-refractivity contribution in [3.8, 4) is 11.5 Å². The minimum Gasteiger partial charge on any atom is -0.496 e. The molecule has 2 heteroatoms. The lowest BCUT2D eigenvalue weighted by Crippen LogP contribution is -1.94. The molecule has 26 heavy (non-hydrogen) atoms. The van der Waals surface area contributed by atoms with Crippen LogP contribution in [0.15, 0.2) is 36.9 Å². The lowest BCUT2D eigenvalue weighted by molar-refractivity contribution is 0.407. The van der Waals surface area contributed by atoms with Gasteiger partial charge in [0.05, 0.1) is 14.2 Å². The molecule has 2 nitrogen and oxygen atoms in total. The maximum absolute atomic E-state index is 5.34. The van der Waals surface area contributed by atoms with Gasteiger partial charge < -0.3 is 9.47 Å². The van der Waals surface area contributed by atoms with Crippen LogP contribution in [0.1, 0.15) is 48.2 Å². The van der Waals surface area contributed by atoms with E-state index in [1.807, 2.05) is 6.08 Å². The first-order chi connectivity index (χ1) is 11.3. The van der Waals surface area contributed by atoms with Gasteiger partial charge in [-0.15, -0.1) is 6.58 Å². The molecule has 0 bridgehead atoms. The molecule has 0 aliphatic heterocycles. The number of allylic oxidation sites excluding steroid dienone is 1. The zero-order valence-electron chi connectivity index (χ0n) is 16.1. The van der Waals surface area contributed by atoms with E-state index in [9.17, 15) is 0 Å². The van der Waals surface area contributed by atoms with E-state index in [0.717, 1.165) is 17.9 Å². The van der Waals surface area contributed by atoms with Crippen LogP contribution in [0.5, 0.6) is 11.5 Å². The highest BCUT2D eigenvalue weighted by Gasteiger charge is 2.05. The van der Waals surface area contributed by atoms with Gasteiger partial charge in [0.1, 0.15) is 11.5 Å². The minimum atomic E-state index is 0. The van der Waals surface area contributed by atoms with Crippen molar-refractivity contribution in [2.45, 2.75) is 55.9 Å². The molecule has 0 saturated heterocycles. The molecule has 0 heterocycles.